The average Bonchev–Trinajstić information content (AvgIpc) is 2.10. The van der Waals surface area contributed by atoms with Gasteiger partial charge >= 0.3 is 0 Å². The highest BCUT2D eigenvalue weighted by Gasteiger charge is 2.47. The molecule has 2 unspecified atom stereocenters. The normalized spacial score (nSPS) is 41.7. The second kappa shape index (κ2) is 1.98. The third kappa shape index (κ3) is 1.45. The van der Waals surface area contributed by atoms with Gasteiger partial charge in [-0.15, -0.1) is 0 Å². The van der Waals surface area contributed by atoms with Gasteiger partial charge < -0.3 is 4.48 Å². The Kier molecular flexibility index (Phi) is 1.55. The van der Waals surface area contributed by atoms with Gasteiger partial charge in [0.15, 0.2) is 0 Å². The average molecular weight is 128 g/mol. The van der Waals surface area contributed by atoms with Crippen LogP contribution >= 0.6 is 0 Å². The number of rotatable bonds is 2. The van der Waals surface area contributed by atoms with Gasteiger partial charge in [-0.05, 0) is 6.92 Å². The number of quaternary nitrogens is 1. The largest absolute Gasteiger partial charge is 0.314 e. The fraction of sp³-hybridized carbons (Fsp3) is 1.00. The van der Waals surface area contributed by atoms with Crippen molar-refractivity contribution in [3.8, 4) is 0 Å². The van der Waals surface area contributed by atoms with Crippen LogP contribution in [0.2, 0.25) is 0 Å². The van der Waals surface area contributed by atoms with Crippen LogP contribution in [-0.4, -0.2) is 30.7 Å². The summed E-state index contributed by atoms with van der Waals surface area (Å²) >= 11 is 0. The zero-order valence-corrected chi connectivity index (χ0v) is 7.02. The molecule has 1 saturated heterocycles. The van der Waals surface area contributed by atoms with Gasteiger partial charge in [0, 0.05) is 5.92 Å². The Bertz CT molecular complexity index is 109. The van der Waals surface area contributed by atoms with Crippen molar-refractivity contribution in [3.63, 3.8) is 0 Å². The van der Waals surface area contributed by atoms with Crippen molar-refractivity contribution in [2.45, 2.75) is 26.8 Å². The van der Waals surface area contributed by atoms with E-state index >= 15 is 0 Å². The summed E-state index contributed by atoms with van der Waals surface area (Å²) in [5.74, 6) is 0.861. The molecule has 0 aliphatic carbocycles. The Labute approximate surface area is 58.3 Å². The van der Waals surface area contributed by atoms with Gasteiger partial charge in [-0.25, -0.2) is 0 Å². The van der Waals surface area contributed by atoms with Crippen molar-refractivity contribution < 1.29 is 4.48 Å². The predicted molar refractivity (Wildman–Crippen MR) is 40.2 cm³/mol. The Morgan fingerprint density at radius 2 is 2.00 bits per heavy atom. The van der Waals surface area contributed by atoms with E-state index in [0.29, 0.717) is 0 Å². The summed E-state index contributed by atoms with van der Waals surface area (Å²) in [5, 5.41) is 0. The maximum atomic E-state index is 2.35. The summed E-state index contributed by atoms with van der Waals surface area (Å²) in [6.45, 7) is 9.70. The molecule has 0 spiro atoms. The second-order valence-electron chi connectivity index (χ2n) is 4.09. The van der Waals surface area contributed by atoms with Gasteiger partial charge in [0.25, 0.3) is 0 Å². The first-order valence-electron chi connectivity index (χ1n) is 3.89. The number of nitrogens with zero attached hydrogens (tertiary/aromatic N) is 1. The Morgan fingerprint density at radius 3 is 2.11 bits per heavy atom. The lowest BCUT2D eigenvalue weighted by atomic mass is 10.2. The fourth-order valence-corrected chi connectivity index (χ4v) is 1.65. The van der Waals surface area contributed by atoms with Gasteiger partial charge in [0.05, 0.1) is 13.6 Å². The van der Waals surface area contributed by atoms with Crippen LogP contribution in [0, 0.1) is 5.92 Å². The van der Waals surface area contributed by atoms with Gasteiger partial charge in [-0.1, -0.05) is 13.8 Å². The molecule has 0 saturated carbocycles. The van der Waals surface area contributed by atoms with Crippen molar-refractivity contribution in [2.75, 3.05) is 20.1 Å². The summed E-state index contributed by atoms with van der Waals surface area (Å²) in [6, 6.07) is 0.937. The molecule has 1 aliphatic rings. The van der Waals surface area contributed by atoms with Crippen LogP contribution in [0.25, 0.3) is 0 Å². The van der Waals surface area contributed by atoms with E-state index in [9.17, 15) is 0 Å². The minimum Gasteiger partial charge on any atom is -0.314 e. The third-order valence-electron chi connectivity index (χ3n) is 2.39. The van der Waals surface area contributed by atoms with Crippen molar-refractivity contribution in [1.29, 1.82) is 0 Å². The van der Waals surface area contributed by atoms with Crippen LogP contribution in [0.1, 0.15) is 20.8 Å². The smallest absolute Gasteiger partial charge is 0.136 e. The van der Waals surface area contributed by atoms with E-state index in [1.54, 1.807) is 0 Å². The summed E-state index contributed by atoms with van der Waals surface area (Å²) in [5.41, 5.74) is 0. The van der Waals surface area contributed by atoms with E-state index in [2.05, 4.69) is 27.8 Å². The lowest BCUT2D eigenvalue weighted by molar-refractivity contribution is -0.794. The standard InChI is InChI=1S/C8H18N/c1-7(2)5-9(4)6-8(9)3/h7-8H,5-6H2,1-4H3/q+1. The van der Waals surface area contributed by atoms with Gasteiger partial charge in [0.1, 0.15) is 12.6 Å². The molecular formula is C8H18N+. The van der Waals surface area contributed by atoms with Crippen molar-refractivity contribution in [1.82, 2.24) is 0 Å². The topological polar surface area (TPSA) is 0 Å². The van der Waals surface area contributed by atoms with E-state index in [-0.39, 0.29) is 0 Å². The van der Waals surface area contributed by atoms with Crippen molar-refractivity contribution >= 4 is 0 Å². The molecular weight excluding hydrogens is 110 g/mol. The highest BCUT2D eigenvalue weighted by Crippen LogP contribution is 2.28. The summed E-state index contributed by atoms with van der Waals surface area (Å²) in [6.07, 6.45) is 0. The second-order valence-corrected chi connectivity index (χ2v) is 4.09. The fourth-order valence-electron chi connectivity index (χ4n) is 1.65. The first kappa shape index (κ1) is 7.07. The molecule has 1 aliphatic heterocycles. The molecule has 9 heavy (non-hydrogen) atoms. The molecule has 54 valence electrons. The van der Waals surface area contributed by atoms with Crippen LogP contribution in [0.4, 0.5) is 0 Å². The molecule has 0 aromatic rings. The van der Waals surface area contributed by atoms with Crippen molar-refractivity contribution in [3.05, 3.63) is 0 Å². The highest BCUT2D eigenvalue weighted by molar-refractivity contribution is 4.66. The van der Waals surface area contributed by atoms with E-state index in [4.69, 9.17) is 0 Å². The maximum Gasteiger partial charge on any atom is 0.136 e. The summed E-state index contributed by atoms with van der Waals surface area (Å²) < 4.78 is 1.32. The van der Waals surface area contributed by atoms with Crippen LogP contribution in [0.5, 0.6) is 0 Å². The molecule has 2 atom stereocenters. The van der Waals surface area contributed by atoms with Gasteiger partial charge in [-0.2, -0.15) is 0 Å². The molecule has 0 aromatic carbocycles. The number of hydrogen-bond acceptors (Lipinski definition) is 0. The molecule has 1 heteroatoms. The molecule has 1 fully saturated rings. The summed E-state index contributed by atoms with van der Waals surface area (Å²) in [7, 11) is 2.35. The molecule has 0 aromatic heterocycles. The zero-order chi connectivity index (χ0) is 7.07. The Balaban J connectivity index is 2.29. The van der Waals surface area contributed by atoms with Gasteiger partial charge in [0.2, 0.25) is 0 Å². The lowest BCUT2D eigenvalue weighted by Gasteiger charge is -2.15. The molecule has 0 N–H and O–H groups in total. The van der Waals surface area contributed by atoms with Crippen LogP contribution in [0.3, 0.4) is 0 Å². The highest BCUT2D eigenvalue weighted by atomic mass is 15.5. The molecule has 1 rings (SSSR count). The van der Waals surface area contributed by atoms with Gasteiger partial charge in [-0.3, -0.25) is 0 Å². The number of likely N-dealkylation sites (N-methyl/N-ethyl adjacent to an activating group) is 1. The molecule has 1 nitrogen and oxygen atoms in total. The van der Waals surface area contributed by atoms with E-state index in [1.807, 2.05) is 0 Å². The van der Waals surface area contributed by atoms with E-state index in [0.717, 1.165) is 12.0 Å². The molecule has 0 amide bonds. The van der Waals surface area contributed by atoms with Crippen LogP contribution in [0.15, 0.2) is 0 Å². The van der Waals surface area contributed by atoms with E-state index < -0.39 is 0 Å². The van der Waals surface area contributed by atoms with Crippen molar-refractivity contribution in [2.24, 2.45) is 5.92 Å². The van der Waals surface area contributed by atoms with Crippen LogP contribution < -0.4 is 0 Å². The minimum absolute atomic E-state index is 0.861. The molecule has 1 heterocycles. The minimum atomic E-state index is 0.861. The Morgan fingerprint density at radius 1 is 1.56 bits per heavy atom. The molecule has 0 bridgehead atoms. The Hall–Kier alpha value is -0.0400. The zero-order valence-electron chi connectivity index (χ0n) is 7.02. The maximum absolute atomic E-state index is 2.35. The van der Waals surface area contributed by atoms with Crippen LogP contribution in [-0.2, 0) is 0 Å². The monoisotopic (exact) mass is 128 g/mol. The number of hydrogen-bond donors (Lipinski definition) is 0. The SMILES string of the molecule is CC(C)C[N+]1(C)CC1C. The third-order valence-corrected chi connectivity index (χ3v) is 2.39. The summed E-state index contributed by atoms with van der Waals surface area (Å²) in [4.78, 5) is 0. The first-order valence-corrected chi connectivity index (χ1v) is 3.89. The molecule has 0 radical (unpaired) electrons. The first-order chi connectivity index (χ1) is 4.04. The predicted octanol–water partition coefficient (Wildman–Crippen LogP) is 1.49. The lowest BCUT2D eigenvalue weighted by Crippen LogP contribution is -2.27. The van der Waals surface area contributed by atoms with E-state index in [1.165, 1.54) is 17.6 Å². The quantitative estimate of drug-likeness (QED) is 0.390.